The number of nitrogen functional groups attached to an aromatic ring is 1. The van der Waals surface area contributed by atoms with Gasteiger partial charge in [0, 0.05) is 28.9 Å². The topological polar surface area (TPSA) is 109 Å². The average Bonchev–Trinajstić information content (AvgIpc) is 3.33. The van der Waals surface area contributed by atoms with Crippen molar-refractivity contribution in [1.82, 2.24) is 13.8 Å². The third-order valence-corrected chi connectivity index (χ3v) is 6.55. The predicted octanol–water partition coefficient (Wildman–Crippen LogP) is 4.42. The highest BCUT2D eigenvalue weighted by Crippen LogP contribution is 2.35. The minimum Gasteiger partial charge on any atom is -0.442 e. The van der Waals surface area contributed by atoms with E-state index in [1.807, 2.05) is 6.92 Å². The molecule has 4 aromatic rings. The highest BCUT2D eigenvalue weighted by molar-refractivity contribution is 7.90. The molecular formula is C23H24N4O4S. The molecule has 0 radical (unpaired) electrons. The van der Waals surface area contributed by atoms with Crippen molar-refractivity contribution in [3.63, 3.8) is 0 Å². The molecule has 0 amide bonds. The van der Waals surface area contributed by atoms with Gasteiger partial charge in [0.1, 0.15) is 5.60 Å². The zero-order chi connectivity index (χ0) is 23.3. The number of hydrogen-bond donors (Lipinski definition) is 1. The second-order valence-corrected chi connectivity index (χ2v) is 10.4. The predicted molar refractivity (Wildman–Crippen MR) is 123 cm³/mol. The Kier molecular flexibility index (Phi) is 5.09. The van der Waals surface area contributed by atoms with Gasteiger partial charge in [-0.3, -0.25) is 0 Å². The number of anilines is 1. The third-order valence-electron chi connectivity index (χ3n) is 4.88. The minimum absolute atomic E-state index is 0.152. The molecule has 0 atom stereocenters. The van der Waals surface area contributed by atoms with Crippen molar-refractivity contribution in [1.29, 1.82) is 0 Å². The summed E-state index contributed by atoms with van der Waals surface area (Å²) in [7, 11) is -3.91. The van der Waals surface area contributed by atoms with Gasteiger partial charge in [-0.2, -0.15) is 9.78 Å². The number of nitrogens with zero attached hydrogens (tertiary/aromatic N) is 3. The summed E-state index contributed by atoms with van der Waals surface area (Å²) >= 11 is 0. The third kappa shape index (κ3) is 3.87. The number of para-hydroxylation sites is 1. The van der Waals surface area contributed by atoms with Gasteiger partial charge in [-0.1, -0.05) is 29.8 Å². The molecule has 166 valence electrons. The molecule has 8 nitrogen and oxygen atoms in total. The van der Waals surface area contributed by atoms with E-state index in [4.69, 9.17) is 10.5 Å². The first-order chi connectivity index (χ1) is 15.0. The summed E-state index contributed by atoms with van der Waals surface area (Å²) in [5.41, 5.74) is 8.31. The van der Waals surface area contributed by atoms with Gasteiger partial charge in [0.05, 0.1) is 22.3 Å². The van der Waals surface area contributed by atoms with Gasteiger partial charge < -0.3 is 10.5 Å². The summed E-state index contributed by atoms with van der Waals surface area (Å²) in [4.78, 5) is 12.5. The van der Waals surface area contributed by atoms with Crippen molar-refractivity contribution in [3.05, 3.63) is 66.6 Å². The maximum absolute atomic E-state index is 13.4. The van der Waals surface area contributed by atoms with Crippen molar-refractivity contribution >= 4 is 32.7 Å². The average molecular weight is 453 g/mol. The number of rotatable bonds is 3. The molecule has 2 N–H and O–H groups in total. The highest BCUT2D eigenvalue weighted by atomic mass is 32.2. The summed E-state index contributed by atoms with van der Waals surface area (Å²) in [5, 5.41) is 4.73. The minimum atomic E-state index is -3.91. The van der Waals surface area contributed by atoms with E-state index in [0.717, 1.165) is 10.2 Å². The van der Waals surface area contributed by atoms with Crippen LogP contribution in [0.25, 0.3) is 22.0 Å². The Morgan fingerprint density at radius 1 is 1.06 bits per heavy atom. The lowest BCUT2D eigenvalue weighted by Crippen LogP contribution is -2.27. The Labute approximate surface area is 186 Å². The lowest BCUT2D eigenvalue weighted by molar-refractivity contribution is 0.0514. The van der Waals surface area contributed by atoms with Crippen LogP contribution in [-0.4, -0.2) is 33.9 Å². The van der Waals surface area contributed by atoms with Crippen LogP contribution in [0.15, 0.2) is 66.0 Å². The van der Waals surface area contributed by atoms with Gasteiger partial charge in [-0.05, 0) is 45.9 Å². The number of carbonyl (C=O) groups is 1. The first-order valence-corrected chi connectivity index (χ1v) is 11.4. The van der Waals surface area contributed by atoms with Crippen molar-refractivity contribution in [3.8, 4) is 11.1 Å². The number of aromatic nitrogens is 3. The number of carbonyl (C=O) groups excluding carboxylic acids is 1. The molecule has 0 saturated carbocycles. The van der Waals surface area contributed by atoms with Gasteiger partial charge in [0.15, 0.2) is 0 Å². The fraction of sp³-hybridized carbons (Fsp3) is 0.217. The molecule has 0 bridgehead atoms. The molecule has 32 heavy (non-hydrogen) atoms. The largest absolute Gasteiger partial charge is 0.442 e. The summed E-state index contributed by atoms with van der Waals surface area (Å²) in [6.45, 7) is 7.19. The normalized spacial score (nSPS) is 12.2. The molecule has 2 heterocycles. The Hall–Kier alpha value is -3.59. The molecule has 9 heteroatoms. The lowest BCUT2D eigenvalue weighted by atomic mass is 10.1. The first kappa shape index (κ1) is 21.6. The van der Waals surface area contributed by atoms with Crippen LogP contribution in [0.5, 0.6) is 0 Å². The fourth-order valence-corrected chi connectivity index (χ4v) is 4.79. The van der Waals surface area contributed by atoms with Crippen molar-refractivity contribution < 1.29 is 17.9 Å². The molecular weight excluding hydrogens is 428 g/mol. The number of hydrogen-bond acceptors (Lipinski definition) is 6. The second kappa shape index (κ2) is 7.52. The summed E-state index contributed by atoms with van der Waals surface area (Å²) in [5.74, 6) is 0. The van der Waals surface area contributed by atoms with Crippen molar-refractivity contribution in [2.24, 2.45) is 0 Å². The van der Waals surface area contributed by atoms with E-state index in [0.29, 0.717) is 27.7 Å². The van der Waals surface area contributed by atoms with Crippen LogP contribution < -0.4 is 5.73 Å². The van der Waals surface area contributed by atoms with E-state index in [1.54, 1.807) is 63.2 Å². The number of aryl methyl sites for hydroxylation is 1. The van der Waals surface area contributed by atoms with Gasteiger partial charge in [0.2, 0.25) is 0 Å². The number of ether oxygens (including phenoxy) is 1. The molecule has 2 aromatic heterocycles. The SMILES string of the molecule is Cc1ccc(S(=O)(=O)n2cc(-c3cnn(C(=O)OC(C)(C)C)c3)c3cccc(N)c32)cc1. The standard InChI is InChI=1S/C23H24N4O4S/c1-15-8-10-17(11-9-15)32(29,30)27-14-19(18-6-5-7-20(24)21(18)27)16-12-25-26(13-16)22(28)31-23(2,3)4/h5-14H,24H2,1-4H3. The first-order valence-electron chi connectivity index (χ1n) is 9.97. The quantitative estimate of drug-likeness (QED) is 0.461. The van der Waals surface area contributed by atoms with Crippen LogP contribution in [0, 0.1) is 6.92 Å². The number of nitrogens with two attached hydrogens (primary N) is 1. The molecule has 0 saturated heterocycles. The van der Waals surface area contributed by atoms with Crippen LogP contribution in [-0.2, 0) is 14.8 Å². The number of fused-ring (bicyclic) bond motifs is 1. The molecule has 0 fully saturated rings. The molecule has 0 aliphatic rings. The Morgan fingerprint density at radius 2 is 1.75 bits per heavy atom. The lowest BCUT2D eigenvalue weighted by Gasteiger charge is -2.18. The summed E-state index contributed by atoms with van der Waals surface area (Å²) in [6.07, 6.45) is 3.88. The monoisotopic (exact) mass is 452 g/mol. The molecule has 0 spiro atoms. The molecule has 2 aromatic carbocycles. The van der Waals surface area contributed by atoms with Crippen LogP contribution in [0.4, 0.5) is 10.5 Å². The van der Waals surface area contributed by atoms with E-state index in [9.17, 15) is 13.2 Å². The molecule has 4 rings (SSSR count). The van der Waals surface area contributed by atoms with Gasteiger partial charge >= 0.3 is 6.09 Å². The Bertz CT molecular complexity index is 1430. The zero-order valence-electron chi connectivity index (χ0n) is 18.2. The van der Waals surface area contributed by atoms with Crippen LogP contribution >= 0.6 is 0 Å². The van der Waals surface area contributed by atoms with E-state index < -0.39 is 21.7 Å². The van der Waals surface area contributed by atoms with E-state index in [-0.39, 0.29) is 4.90 Å². The zero-order valence-corrected chi connectivity index (χ0v) is 19.1. The van der Waals surface area contributed by atoms with Crippen LogP contribution in [0.1, 0.15) is 26.3 Å². The Balaban J connectivity index is 1.86. The van der Waals surface area contributed by atoms with Crippen LogP contribution in [0.2, 0.25) is 0 Å². The van der Waals surface area contributed by atoms with Crippen molar-refractivity contribution in [2.45, 2.75) is 38.2 Å². The summed E-state index contributed by atoms with van der Waals surface area (Å²) in [6, 6.07) is 11.8. The van der Waals surface area contributed by atoms with Gasteiger partial charge in [-0.15, -0.1) is 0 Å². The smallest absolute Gasteiger partial charge is 0.435 e. The second-order valence-electron chi connectivity index (χ2n) is 8.55. The highest BCUT2D eigenvalue weighted by Gasteiger charge is 2.24. The van der Waals surface area contributed by atoms with E-state index in [2.05, 4.69) is 5.10 Å². The molecule has 0 aliphatic carbocycles. The van der Waals surface area contributed by atoms with Crippen molar-refractivity contribution in [2.75, 3.05) is 5.73 Å². The fourth-order valence-electron chi connectivity index (χ4n) is 3.39. The maximum atomic E-state index is 13.4. The molecule has 0 aliphatic heterocycles. The van der Waals surface area contributed by atoms with E-state index >= 15 is 0 Å². The number of benzene rings is 2. The Morgan fingerprint density at radius 3 is 2.41 bits per heavy atom. The molecule has 0 unspecified atom stereocenters. The van der Waals surface area contributed by atoms with Crippen LogP contribution in [0.3, 0.4) is 0 Å². The van der Waals surface area contributed by atoms with E-state index in [1.165, 1.54) is 22.6 Å². The van der Waals surface area contributed by atoms with Gasteiger partial charge in [-0.25, -0.2) is 17.2 Å². The maximum Gasteiger partial charge on any atom is 0.435 e. The summed E-state index contributed by atoms with van der Waals surface area (Å²) < 4.78 is 34.5. The van der Waals surface area contributed by atoms with Gasteiger partial charge in [0.25, 0.3) is 10.0 Å².